The number of carbonyl (C=O) groups excluding carboxylic acids is 2. The van der Waals surface area contributed by atoms with E-state index in [0.717, 1.165) is 12.1 Å². The van der Waals surface area contributed by atoms with E-state index >= 15 is 0 Å². The Morgan fingerprint density at radius 1 is 1.21 bits per heavy atom. The van der Waals surface area contributed by atoms with Crippen LogP contribution < -0.4 is 15.0 Å². The van der Waals surface area contributed by atoms with Gasteiger partial charge in [0.2, 0.25) is 0 Å². The number of carbonyl (C=O) groups is 2. The van der Waals surface area contributed by atoms with Crippen molar-refractivity contribution in [3.05, 3.63) is 60.0 Å². The molecule has 7 nitrogen and oxygen atoms in total. The molecule has 1 aliphatic heterocycles. The molecule has 0 saturated heterocycles. The summed E-state index contributed by atoms with van der Waals surface area (Å²) in [4.78, 5) is 31.8. The molecule has 4 rings (SSSR count). The average Bonchev–Trinajstić information content (AvgIpc) is 3.16. The Bertz CT molecular complexity index is 1040. The highest BCUT2D eigenvalue weighted by atomic mass is 16.5. The first-order valence-electron chi connectivity index (χ1n) is 9.38. The lowest BCUT2D eigenvalue weighted by atomic mass is 10.1. The summed E-state index contributed by atoms with van der Waals surface area (Å²) < 4.78 is 7.73. The fraction of sp³-hybridized carbons (Fsp3) is 0.286. The quantitative estimate of drug-likeness (QED) is 0.757. The number of nitrogens with one attached hydrogen (secondary N) is 1. The van der Waals surface area contributed by atoms with Gasteiger partial charge < -0.3 is 14.5 Å². The molecule has 0 radical (unpaired) electrons. The molecule has 3 aromatic rings. The molecule has 1 aliphatic rings. The summed E-state index contributed by atoms with van der Waals surface area (Å²) in [5, 5.41) is 2.84. The highest BCUT2D eigenvalue weighted by Crippen LogP contribution is 2.34. The smallest absolute Gasteiger partial charge is 0.278 e. The number of ether oxygens (including phenoxy) is 1. The van der Waals surface area contributed by atoms with Crippen molar-refractivity contribution in [2.45, 2.75) is 26.4 Å². The maximum atomic E-state index is 13.3. The Labute approximate surface area is 162 Å². The van der Waals surface area contributed by atoms with E-state index in [1.807, 2.05) is 54.6 Å². The van der Waals surface area contributed by atoms with Gasteiger partial charge in [0.15, 0.2) is 6.10 Å². The van der Waals surface area contributed by atoms with Crippen LogP contribution in [0.4, 0.5) is 5.69 Å². The number of amides is 2. The fourth-order valence-electron chi connectivity index (χ4n) is 3.31. The second kappa shape index (κ2) is 7.34. The summed E-state index contributed by atoms with van der Waals surface area (Å²) in [5.74, 6) is 0.0332. The minimum absolute atomic E-state index is 0.137. The second-order valence-electron chi connectivity index (χ2n) is 6.80. The zero-order valence-corrected chi connectivity index (χ0v) is 15.9. The van der Waals surface area contributed by atoms with Crippen molar-refractivity contribution >= 4 is 23.1 Å². The number of hydrogen-bond acceptors (Lipinski definition) is 4. The van der Waals surface area contributed by atoms with Crippen LogP contribution in [0.2, 0.25) is 0 Å². The summed E-state index contributed by atoms with van der Waals surface area (Å²) >= 11 is 0. The number of benzene rings is 1. The lowest BCUT2D eigenvalue weighted by Crippen LogP contribution is -2.51. The Morgan fingerprint density at radius 3 is 2.82 bits per heavy atom. The lowest BCUT2D eigenvalue weighted by molar-refractivity contribution is -0.127. The zero-order chi connectivity index (χ0) is 19.7. The molecule has 0 fully saturated rings. The Kier molecular flexibility index (Phi) is 4.73. The van der Waals surface area contributed by atoms with Gasteiger partial charge >= 0.3 is 0 Å². The summed E-state index contributed by atoms with van der Waals surface area (Å²) in [6.45, 7) is 4.65. The van der Waals surface area contributed by atoms with Crippen LogP contribution in [0.5, 0.6) is 5.75 Å². The van der Waals surface area contributed by atoms with Crippen molar-refractivity contribution < 1.29 is 14.3 Å². The van der Waals surface area contributed by atoms with E-state index in [1.165, 1.54) is 0 Å². The van der Waals surface area contributed by atoms with Crippen molar-refractivity contribution in [3.63, 3.8) is 0 Å². The molecule has 7 heteroatoms. The zero-order valence-electron chi connectivity index (χ0n) is 15.9. The third-order valence-corrected chi connectivity index (χ3v) is 4.78. The van der Waals surface area contributed by atoms with Gasteiger partial charge in [0.1, 0.15) is 17.1 Å². The monoisotopic (exact) mass is 378 g/mol. The van der Waals surface area contributed by atoms with Crippen molar-refractivity contribution in [1.29, 1.82) is 0 Å². The Balaban J connectivity index is 1.68. The van der Waals surface area contributed by atoms with Crippen LogP contribution in [0, 0.1) is 6.92 Å². The number of fused-ring (bicyclic) bond motifs is 2. The van der Waals surface area contributed by atoms with Crippen LogP contribution in [-0.4, -0.2) is 40.4 Å². The molecule has 1 N–H and O–H groups in total. The van der Waals surface area contributed by atoms with E-state index in [2.05, 4.69) is 10.3 Å². The molecule has 0 bridgehead atoms. The molecule has 0 aliphatic carbocycles. The number of rotatable bonds is 4. The molecule has 3 heterocycles. The number of imidazole rings is 1. The van der Waals surface area contributed by atoms with Crippen molar-refractivity contribution in [1.82, 2.24) is 14.7 Å². The predicted octanol–water partition coefficient (Wildman–Crippen LogP) is 2.58. The fourth-order valence-corrected chi connectivity index (χ4v) is 3.31. The summed E-state index contributed by atoms with van der Waals surface area (Å²) in [6, 6.07) is 13.0. The largest absolute Gasteiger partial charge is 0.477 e. The number of pyridine rings is 1. The van der Waals surface area contributed by atoms with Crippen LogP contribution >= 0.6 is 0 Å². The van der Waals surface area contributed by atoms with E-state index in [4.69, 9.17) is 4.74 Å². The molecule has 1 aromatic carbocycles. The van der Waals surface area contributed by atoms with E-state index in [0.29, 0.717) is 29.3 Å². The van der Waals surface area contributed by atoms with E-state index in [9.17, 15) is 9.59 Å². The Morgan fingerprint density at radius 2 is 2.04 bits per heavy atom. The average molecular weight is 378 g/mol. The molecule has 2 amide bonds. The maximum absolute atomic E-state index is 13.3. The minimum atomic E-state index is -0.760. The SMILES string of the molecule is CCCNC(=O)[C@@H]1CN(C(=O)c2cn3c(C)cccc3n2)c2ccccc2O1. The van der Waals surface area contributed by atoms with Crippen LogP contribution in [0.1, 0.15) is 29.5 Å². The number of aromatic nitrogens is 2. The molecular formula is C21H22N4O3. The molecule has 0 saturated carbocycles. The standard InChI is InChI=1S/C21H22N4O3/c1-3-11-22-20(26)18-13-25(16-8-4-5-9-17(16)28-18)21(27)15-12-24-14(2)7-6-10-19(24)23-15/h4-10,12,18H,3,11,13H2,1-2H3,(H,22,26)/t18-/m0/s1. The maximum Gasteiger partial charge on any atom is 0.278 e. The number of aryl methyl sites for hydroxylation is 1. The Hall–Kier alpha value is -3.35. The van der Waals surface area contributed by atoms with Crippen LogP contribution in [-0.2, 0) is 4.79 Å². The molecule has 0 unspecified atom stereocenters. The first-order chi connectivity index (χ1) is 13.6. The van der Waals surface area contributed by atoms with Gasteiger partial charge in [0.25, 0.3) is 11.8 Å². The first-order valence-corrected chi connectivity index (χ1v) is 9.38. The van der Waals surface area contributed by atoms with E-state index < -0.39 is 6.10 Å². The van der Waals surface area contributed by atoms with Gasteiger partial charge in [-0.05, 0) is 37.6 Å². The molecule has 2 aromatic heterocycles. The van der Waals surface area contributed by atoms with Gasteiger partial charge in [-0.1, -0.05) is 25.1 Å². The highest BCUT2D eigenvalue weighted by Gasteiger charge is 2.34. The summed E-state index contributed by atoms with van der Waals surface area (Å²) in [7, 11) is 0. The van der Waals surface area contributed by atoms with Crippen molar-refractivity contribution in [2.24, 2.45) is 0 Å². The van der Waals surface area contributed by atoms with Crippen molar-refractivity contribution in [2.75, 3.05) is 18.0 Å². The summed E-state index contributed by atoms with van der Waals surface area (Å²) in [6.07, 6.45) is 1.80. The number of para-hydroxylation sites is 2. The number of nitrogens with zero attached hydrogens (tertiary/aromatic N) is 3. The molecule has 1 atom stereocenters. The number of hydrogen-bond donors (Lipinski definition) is 1. The molecule has 144 valence electrons. The second-order valence-corrected chi connectivity index (χ2v) is 6.80. The predicted molar refractivity (Wildman–Crippen MR) is 106 cm³/mol. The molecule has 0 spiro atoms. The molecule has 28 heavy (non-hydrogen) atoms. The van der Waals surface area contributed by atoms with E-state index in [1.54, 1.807) is 17.2 Å². The van der Waals surface area contributed by atoms with Gasteiger partial charge in [-0.15, -0.1) is 0 Å². The highest BCUT2D eigenvalue weighted by molar-refractivity contribution is 6.07. The van der Waals surface area contributed by atoms with Gasteiger partial charge in [-0.3, -0.25) is 14.5 Å². The van der Waals surface area contributed by atoms with Gasteiger partial charge in [-0.2, -0.15) is 0 Å². The first kappa shape index (κ1) is 18.0. The van der Waals surface area contributed by atoms with Crippen LogP contribution in [0.3, 0.4) is 0 Å². The molecular weight excluding hydrogens is 356 g/mol. The van der Waals surface area contributed by atoms with Gasteiger partial charge in [-0.25, -0.2) is 4.98 Å². The lowest BCUT2D eigenvalue weighted by Gasteiger charge is -2.33. The topological polar surface area (TPSA) is 75.9 Å². The van der Waals surface area contributed by atoms with E-state index in [-0.39, 0.29) is 18.4 Å². The van der Waals surface area contributed by atoms with Crippen LogP contribution in [0.15, 0.2) is 48.7 Å². The third kappa shape index (κ3) is 3.19. The summed E-state index contributed by atoms with van der Waals surface area (Å²) in [5.41, 5.74) is 2.67. The third-order valence-electron chi connectivity index (χ3n) is 4.78. The normalized spacial score (nSPS) is 15.8. The van der Waals surface area contributed by atoms with Gasteiger partial charge in [0.05, 0.1) is 12.2 Å². The minimum Gasteiger partial charge on any atom is -0.477 e. The van der Waals surface area contributed by atoms with Crippen molar-refractivity contribution in [3.8, 4) is 5.75 Å². The van der Waals surface area contributed by atoms with Crippen LogP contribution in [0.25, 0.3) is 5.65 Å². The van der Waals surface area contributed by atoms with Gasteiger partial charge in [0, 0.05) is 18.4 Å². The number of anilines is 1.